The van der Waals surface area contributed by atoms with E-state index in [-0.39, 0.29) is 0 Å². The van der Waals surface area contributed by atoms with Crippen LogP contribution in [0, 0.1) is 0 Å². The molecule has 5 heteroatoms. The topological polar surface area (TPSA) is 34.5 Å². The summed E-state index contributed by atoms with van der Waals surface area (Å²) in [6.45, 7) is 0. The third-order valence-corrected chi connectivity index (χ3v) is 3.02. The molecule has 0 fully saturated rings. The number of aromatic nitrogens is 1. The van der Waals surface area contributed by atoms with Crippen LogP contribution in [0.3, 0.4) is 0 Å². The Labute approximate surface area is 111 Å². The van der Waals surface area contributed by atoms with Crippen LogP contribution in [0.15, 0.2) is 39.9 Å². The second-order valence-electron chi connectivity index (χ2n) is 3.52. The number of ether oxygens (including phenoxy) is 1. The van der Waals surface area contributed by atoms with Crippen LogP contribution in [0.5, 0.6) is 11.6 Å². The predicted octanol–water partition coefficient (Wildman–Crippen LogP) is 4.35. The number of fused-ring (bicyclic) bond motifs is 2. The minimum Gasteiger partial charge on any atom is -0.436 e. The normalized spacial score (nSPS) is 12.4. The van der Waals surface area contributed by atoms with Crippen molar-refractivity contribution >= 4 is 39.4 Å². The SMILES string of the molecule is Clc1cnc2c(c1)N=Cc1cc(Br)ccc1O2. The molecule has 3 nitrogen and oxygen atoms in total. The van der Waals surface area contributed by atoms with Crippen LogP contribution < -0.4 is 4.74 Å². The van der Waals surface area contributed by atoms with Crippen molar-refractivity contribution in [1.82, 2.24) is 4.98 Å². The Morgan fingerprint density at radius 2 is 2.12 bits per heavy atom. The third kappa shape index (κ3) is 2.06. The van der Waals surface area contributed by atoms with E-state index in [0.717, 1.165) is 15.8 Å². The summed E-state index contributed by atoms with van der Waals surface area (Å²) in [5, 5.41) is 0.539. The first kappa shape index (κ1) is 10.7. The lowest BCUT2D eigenvalue weighted by atomic mass is 10.2. The van der Waals surface area contributed by atoms with Gasteiger partial charge in [-0.25, -0.2) is 4.98 Å². The van der Waals surface area contributed by atoms with Gasteiger partial charge in [-0.15, -0.1) is 0 Å². The summed E-state index contributed by atoms with van der Waals surface area (Å²) >= 11 is 9.28. The molecule has 0 amide bonds. The first-order valence-electron chi connectivity index (χ1n) is 4.89. The van der Waals surface area contributed by atoms with Crippen molar-refractivity contribution in [1.29, 1.82) is 0 Å². The quantitative estimate of drug-likeness (QED) is 0.618. The molecule has 0 spiro atoms. The standard InChI is InChI=1S/C12H6BrClN2O/c13-8-1-2-11-7(3-8)5-15-10-4-9(14)6-16-12(10)17-11/h1-6H. The molecule has 0 aliphatic carbocycles. The number of rotatable bonds is 0. The van der Waals surface area contributed by atoms with Crippen LogP contribution in [-0.2, 0) is 0 Å². The summed E-state index contributed by atoms with van der Waals surface area (Å²) in [5.41, 5.74) is 1.53. The molecule has 1 aliphatic heterocycles. The Hall–Kier alpha value is -1.39. The van der Waals surface area contributed by atoms with E-state index in [0.29, 0.717) is 16.6 Å². The molecular weight excluding hydrogens is 304 g/mol. The summed E-state index contributed by atoms with van der Waals surface area (Å²) in [6, 6.07) is 7.44. The zero-order valence-electron chi connectivity index (χ0n) is 8.52. The van der Waals surface area contributed by atoms with Crippen LogP contribution in [0.1, 0.15) is 5.56 Å². The molecule has 0 atom stereocenters. The lowest BCUT2D eigenvalue weighted by Gasteiger charge is -2.06. The van der Waals surface area contributed by atoms with Crippen LogP contribution >= 0.6 is 27.5 Å². The fourth-order valence-electron chi connectivity index (χ4n) is 1.54. The minimum atomic E-state index is 0.465. The van der Waals surface area contributed by atoms with E-state index < -0.39 is 0 Å². The number of pyridine rings is 1. The highest BCUT2D eigenvalue weighted by molar-refractivity contribution is 9.10. The Morgan fingerprint density at radius 3 is 3.00 bits per heavy atom. The van der Waals surface area contributed by atoms with Crippen LogP contribution in [0.2, 0.25) is 5.02 Å². The van der Waals surface area contributed by atoms with Gasteiger partial charge in [0.1, 0.15) is 11.4 Å². The van der Waals surface area contributed by atoms with Crippen LogP contribution in [0.25, 0.3) is 0 Å². The average Bonchev–Trinajstić information content (AvgIpc) is 2.48. The zero-order valence-corrected chi connectivity index (χ0v) is 10.9. The van der Waals surface area contributed by atoms with E-state index in [1.807, 2.05) is 18.2 Å². The number of hydrogen-bond donors (Lipinski definition) is 0. The first-order valence-corrected chi connectivity index (χ1v) is 6.06. The van der Waals surface area contributed by atoms with Gasteiger partial charge in [-0.1, -0.05) is 27.5 Å². The van der Waals surface area contributed by atoms with E-state index in [1.54, 1.807) is 18.5 Å². The summed E-state index contributed by atoms with van der Waals surface area (Å²) in [6.07, 6.45) is 3.28. The molecule has 84 valence electrons. The Bertz CT molecular complexity index is 574. The third-order valence-electron chi connectivity index (χ3n) is 2.32. The predicted molar refractivity (Wildman–Crippen MR) is 70.7 cm³/mol. The largest absolute Gasteiger partial charge is 0.436 e. The van der Waals surface area contributed by atoms with Gasteiger partial charge in [0.05, 0.1) is 5.02 Å². The number of halogens is 2. The summed E-state index contributed by atoms with van der Waals surface area (Å²) in [4.78, 5) is 8.43. The monoisotopic (exact) mass is 308 g/mol. The van der Waals surface area contributed by atoms with Crippen molar-refractivity contribution in [3.8, 4) is 11.6 Å². The molecule has 0 N–H and O–H groups in total. The van der Waals surface area contributed by atoms with Gasteiger partial charge in [0.15, 0.2) is 0 Å². The Kier molecular flexibility index (Phi) is 2.61. The smallest absolute Gasteiger partial charge is 0.245 e. The molecule has 1 aromatic carbocycles. The molecular formula is C12H6BrClN2O. The average molecular weight is 310 g/mol. The molecule has 1 aliphatic rings. The van der Waals surface area contributed by atoms with Crippen molar-refractivity contribution in [3.63, 3.8) is 0 Å². The summed E-state index contributed by atoms with van der Waals surface area (Å²) in [7, 11) is 0. The molecule has 3 rings (SSSR count). The van der Waals surface area contributed by atoms with Gasteiger partial charge in [0.2, 0.25) is 5.88 Å². The number of nitrogens with zero attached hydrogens (tertiary/aromatic N) is 2. The zero-order chi connectivity index (χ0) is 11.8. The van der Waals surface area contributed by atoms with Gasteiger partial charge in [-0.2, -0.15) is 0 Å². The maximum Gasteiger partial charge on any atom is 0.245 e. The molecule has 0 radical (unpaired) electrons. The lowest BCUT2D eigenvalue weighted by molar-refractivity contribution is 0.465. The van der Waals surface area contributed by atoms with Gasteiger partial charge in [0, 0.05) is 22.4 Å². The highest BCUT2D eigenvalue weighted by atomic mass is 79.9. The van der Waals surface area contributed by atoms with Gasteiger partial charge in [-0.05, 0) is 24.3 Å². The molecule has 0 unspecified atom stereocenters. The van der Waals surface area contributed by atoms with Crippen molar-refractivity contribution in [2.75, 3.05) is 0 Å². The van der Waals surface area contributed by atoms with Gasteiger partial charge in [-0.3, -0.25) is 4.99 Å². The number of benzene rings is 1. The van der Waals surface area contributed by atoms with Crippen LogP contribution in [0.4, 0.5) is 5.69 Å². The van der Waals surface area contributed by atoms with Gasteiger partial charge < -0.3 is 4.74 Å². The fraction of sp³-hybridized carbons (Fsp3) is 0. The van der Waals surface area contributed by atoms with Crippen molar-refractivity contribution < 1.29 is 4.74 Å². The lowest BCUT2D eigenvalue weighted by Crippen LogP contribution is -1.89. The molecule has 0 saturated carbocycles. The van der Waals surface area contributed by atoms with Gasteiger partial charge in [0.25, 0.3) is 0 Å². The summed E-state index contributed by atoms with van der Waals surface area (Å²) < 4.78 is 6.67. The molecule has 2 heterocycles. The highest BCUT2D eigenvalue weighted by Gasteiger charge is 2.13. The maximum atomic E-state index is 5.87. The molecule has 17 heavy (non-hydrogen) atoms. The number of hydrogen-bond acceptors (Lipinski definition) is 3. The maximum absolute atomic E-state index is 5.87. The van der Waals surface area contributed by atoms with Crippen molar-refractivity contribution in [2.24, 2.45) is 4.99 Å². The molecule has 0 saturated heterocycles. The van der Waals surface area contributed by atoms with E-state index in [1.165, 1.54) is 0 Å². The molecule has 1 aromatic heterocycles. The van der Waals surface area contributed by atoms with Crippen LogP contribution in [-0.4, -0.2) is 11.2 Å². The molecule has 2 aromatic rings. The van der Waals surface area contributed by atoms with E-state index in [4.69, 9.17) is 16.3 Å². The van der Waals surface area contributed by atoms with Crippen molar-refractivity contribution in [2.45, 2.75) is 0 Å². The van der Waals surface area contributed by atoms with Gasteiger partial charge >= 0.3 is 0 Å². The molecule has 0 bridgehead atoms. The Morgan fingerprint density at radius 1 is 1.24 bits per heavy atom. The van der Waals surface area contributed by atoms with E-state index in [2.05, 4.69) is 25.9 Å². The first-order chi connectivity index (χ1) is 8.22. The van der Waals surface area contributed by atoms with Crippen molar-refractivity contribution in [3.05, 3.63) is 45.5 Å². The Balaban J connectivity index is 2.16. The van der Waals surface area contributed by atoms with E-state index >= 15 is 0 Å². The second-order valence-corrected chi connectivity index (χ2v) is 4.87. The van der Waals surface area contributed by atoms with E-state index in [9.17, 15) is 0 Å². The highest BCUT2D eigenvalue weighted by Crippen LogP contribution is 2.36. The summed E-state index contributed by atoms with van der Waals surface area (Å²) in [5.74, 6) is 1.19. The second kappa shape index (κ2) is 4.13. The fourth-order valence-corrected chi connectivity index (χ4v) is 2.07. The minimum absolute atomic E-state index is 0.465. The number of aliphatic imine (C=N–C) groups is 1.